The molecule has 1 aromatic carbocycles. The largest absolute Gasteiger partial charge is 0.462 e. The Labute approximate surface area is 136 Å². The number of nitrogens with zero attached hydrogens (tertiary/aromatic N) is 1. The first-order chi connectivity index (χ1) is 11.1. The standard InChI is InChI=1S/C17H13FN2O2S/c1-11-2-7-14(22-11)8-9-16(21)20-17-19-15(10-23-17)12-3-5-13(18)6-4-12/h2-10H,1H3,(H,19,20,21)/b9-8+. The van der Waals surface area contributed by atoms with Crippen LogP contribution in [0.5, 0.6) is 0 Å². The first-order valence-corrected chi connectivity index (χ1v) is 7.75. The van der Waals surface area contributed by atoms with Gasteiger partial charge in [0.05, 0.1) is 5.69 Å². The SMILES string of the molecule is Cc1ccc(/C=C/C(=O)Nc2nc(-c3ccc(F)cc3)cs2)o1. The van der Waals surface area contributed by atoms with E-state index in [1.54, 1.807) is 24.3 Å². The quantitative estimate of drug-likeness (QED) is 0.717. The van der Waals surface area contributed by atoms with Gasteiger partial charge >= 0.3 is 0 Å². The van der Waals surface area contributed by atoms with E-state index >= 15 is 0 Å². The summed E-state index contributed by atoms with van der Waals surface area (Å²) in [5.74, 6) is 0.813. The van der Waals surface area contributed by atoms with Gasteiger partial charge in [-0.25, -0.2) is 9.37 Å². The second-order valence-corrected chi connectivity index (χ2v) is 5.67. The van der Waals surface area contributed by atoms with Crippen molar-refractivity contribution < 1.29 is 13.6 Å². The van der Waals surface area contributed by atoms with Crippen LogP contribution in [0.2, 0.25) is 0 Å². The van der Waals surface area contributed by atoms with E-state index in [1.165, 1.54) is 29.5 Å². The van der Waals surface area contributed by atoms with E-state index in [-0.39, 0.29) is 11.7 Å². The molecule has 1 N–H and O–H groups in total. The fourth-order valence-electron chi connectivity index (χ4n) is 1.93. The summed E-state index contributed by atoms with van der Waals surface area (Å²) in [5.41, 5.74) is 1.49. The summed E-state index contributed by atoms with van der Waals surface area (Å²) in [6, 6.07) is 9.66. The molecule has 1 amide bonds. The third kappa shape index (κ3) is 3.92. The highest BCUT2D eigenvalue weighted by atomic mass is 32.1. The molecule has 0 aliphatic heterocycles. The summed E-state index contributed by atoms with van der Waals surface area (Å²) < 4.78 is 18.3. The van der Waals surface area contributed by atoms with Gasteiger partial charge in [-0.2, -0.15) is 0 Å². The monoisotopic (exact) mass is 328 g/mol. The summed E-state index contributed by atoms with van der Waals surface area (Å²) in [6.07, 6.45) is 2.98. The van der Waals surface area contributed by atoms with Crippen LogP contribution in [0.25, 0.3) is 17.3 Å². The zero-order valence-corrected chi connectivity index (χ0v) is 13.1. The Morgan fingerprint density at radius 3 is 2.74 bits per heavy atom. The molecule has 0 aliphatic rings. The van der Waals surface area contributed by atoms with Crippen LogP contribution < -0.4 is 5.32 Å². The summed E-state index contributed by atoms with van der Waals surface area (Å²) in [5, 5.41) is 4.98. The third-order valence-corrected chi connectivity index (χ3v) is 3.79. The minimum Gasteiger partial charge on any atom is -0.462 e. The van der Waals surface area contributed by atoms with Crippen molar-refractivity contribution in [2.24, 2.45) is 0 Å². The molecule has 2 aromatic heterocycles. The number of carbonyl (C=O) groups is 1. The van der Waals surface area contributed by atoms with Gasteiger partial charge in [-0.1, -0.05) is 0 Å². The second kappa shape index (κ2) is 6.58. The van der Waals surface area contributed by atoms with Crippen LogP contribution in [0.4, 0.5) is 9.52 Å². The number of rotatable bonds is 4. The Morgan fingerprint density at radius 2 is 2.04 bits per heavy atom. The number of thiazole rings is 1. The molecular weight excluding hydrogens is 315 g/mol. The molecule has 0 spiro atoms. The molecule has 0 atom stereocenters. The number of carbonyl (C=O) groups excluding carboxylic acids is 1. The molecule has 0 bridgehead atoms. The van der Waals surface area contributed by atoms with Crippen LogP contribution >= 0.6 is 11.3 Å². The van der Waals surface area contributed by atoms with Crippen molar-refractivity contribution >= 4 is 28.5 Å². The molecule has 0 aliphatic carbocycles. The number of amides is 1. The molecule has 2 heterocycles. The number of nitrogens with one attached hydrogen (secondary N) is 1. The topological polar surface area (TPSA) is 55.1 Å². The molecular formula is C17H13FN2O2S. The van der Waals surface area contributed by atoms with E-state index < -0.39 is 0 Å². The van der Waals surface area contributed by atoms with Crippen molar-refractivity contribution in [3.05, 3.63) is 65.2 Å². The van der Waals surface area contributed by atoms with Crippen molar-refractivity contribution in [1.82, 2.24) is 4.98 Å². The van der Waals surface area contributed by atoms with Crippen molar-refractivity contribution in [1.29, 1.82) is 0 Å². The lowest BCUT2D eigenvalue weighted by molar-refractivity contribution is -0.111. The van der Waals surface area contributed by atoms with E-state index in [9.17, 15) is 9.18 Å². The molecule has 0 saturated heterocycles. The number of halogens is 1. The highest BCUT2D eigenvalue weighted by Crippen LogP contribution is 2.25. The Balaban J connectivity index is 1.65. The van der Waals surface area contributed by atoms with Crippen LogP contribution in [0.15, 0.2) is 52.3 Å². The number of anilines is 1. The highest BCUT2D eigenvalue weighted by Gasteiger charge is 2.06. The number of hydrogen-bond donors (Lipinski definition) is 1. The number of aromatic nitrogens is 1. The minimum absolute atomic E-state index is 0.293. The molecule has 0 radical (unpaired) electrons. The Bertz CT molecular complexity index is 850. The summed E-state index contributed by atoms with van der Waals surface area (Å²) in [6.45, 7) is 1.84. The van der Waals surface area contributed by atoms with Crippen molar-refractivity contribution in [3.8, 4) is 11.3 Å². The number of hydrogen-bond acceptors (Lipinski definition) is 4. The van der Waals surface area contributed by atoms with Gasteiger partial charge in [0.25, 0.3) is 0 Å². The fourth-order valence-corrected chi connectivity index (χ4v) is 2.65. The summed E-state index contributed by atoms with van der Waals surface area (Å²) in [7, 11) is 0. The lowest BCUT2D eigenvalue weighted by atomic mass is 10.2. The number of benzene rings is 1. The van der Waals surface area contributed by atoms with Gasteiger partial charge in [0.1, 0.15) is 17.3 Å². The molecule has 6 heteroatoms. The molecule has 0 unspecified atom stereocenters. The zero-order chi connectivity index (χ0) is 16.2. The lowest BCUT2D eigenvalue weighted by Gasteiger charge is -1.97. The number of furan rings is 1. The van der Waals surface area contributed by atoms with Crippen LogP contribution in [0.1, 0.15) is 11.5 Å². The van der Waals surface area contributed by atoms with Gasteiger partial charge in [-0.05, 0) is 49.4 Å². The maximum atomic E-state index is 12.9. The zero-order valence-electron chi connectivity index (χ0n) is 12.2. The van der Waals surface area contributed by atoms with Gasteiger partial charge in [0.2, 0.25) is 5.91 Å². The van der Waals surface area contributed by atoms with Crippen molar-refractivity contribution in [3.63, 3.8) is 0 Å². The van der Waals surface area contributed by atoms with Crippen LogP contribution in [0.3, 0.4) is 0 Å². The predicted molar refractivity (Wildman–Crippen MR) is 88.6 cm³/mol. The van der Waals surface area contributed by atoms with Gasteiger partial charge in [-0.3, -0.25) is 10.1 Å². The lowest BCUT2D eigenvalue weighted by Crippen LogP contribution is -2.07. The van der Waals surface area contributed by atoms with E-state index in [4.69, 9.17) is 4.42 Å². The number of aryl methyl sites for hydroxylation is 1. The molecule has 4 nitrogen and oxygen atoms in total. The van der Waals surface area contributed by atoms with Gasteiger partial charge in [0.15, 0.2) is 5.13 Å². The minimum atomic E-state index is -0.296. The second-order valence-electron chi connectivity index (χ2n) is 4.82. The Morgan fingerprint density at radius 1 is 1.26 bits per heavy atom. The molecule has 23 heavy (non-hydrogen) atoms. The normalized spacial score (nSPS) is 11.0. The van der Waals surface area contributed by atoms with Gasteiger partial charge < -0.3 is 4.42 Å². The maximum absolute atomic E-state index is 12.9. The fraction of sp³-hybridized carbons (Fsp3) is 0.0588. The predicted octanol–water partition coefficient (Wildman–Crippen LogP) is 4.50. The first kappa shape index (κ1) is 15.2. The van der Waals surface area contributed by atoms with Crippen LogP contribution in [-0.4, -0.2) is 10.9 Å². The Hall–Kier alpha value is -2.73. The van der Waals surface area contributed by atoms with Crippen molar-refractivity contribution in [2.75, 3.05) is 5.32 Å². The van der Waals surface area contributed by atoms with E-state index in [0.29, 0.717) is 16.6 Å². The first-order valence-electron chi connectivity index (χ1n) is 6.87. The van der Waals surface area contributed by atoms with E-state index in [1.807, 2.05) is 18.4 Å². The van der Waals surface area contributed by atoms with Crippen LogP contribution in [-0.2, 0) is 4.79 Å². The van der Waals surface area contributed by atoms with Crippen LogP contribution in [0, 0.1) is 12.7 Å². The molecule has 0 saturated carbocycles. The third-order valence-electron chi connectivity index (χ3n) is 3.03. The van der Waals surface area contributed by atoms with E-state index in [0.717, 1.165) is 11.3 Å². The maximum Gasteiger partial charge on any atom is 0.250 e. The smallest absolute Gasteiger partial charge is 0.250 e. The van der Waals surface area contributed by atoms with Crippen molar-refractivity contribution in [2.45, 2.75) is 6.92 Å². The average Bonchev–Trinajstić information content (AvgIpc) is 3.15. The summed E-state index contributed by atoms with van der Waals surface area (Å²) >= 11 is 1.31. The van der Waals surface area contributed by atoms with E-state index in [2.05, 4.69) is 10.3 Å². The summed E-state index contributed by atoms with van der Waals surface area (Å²) in [4.78, 5) is 16.2. The van der Waals surface area contributed by atoms with Gasteiger partial charge in [-0.15, -0.1) is 11.3 Å². The average molecular weight is 328 g/mol. The highest BCUT2D eigenvalue weighted by molar-refractivity contribution is 7.14. The molecule has 3 aromatic rings. The molecule has 3 rings (SSSR count). The molecule has 0 fully saturated rings. The van der Waals surface area contributed by atoms with Gasteiger partial charge in [0, 0.05) is 17.0 Å². The Kier molecular flexibility index (Phi) is 4.34. The molecule has 116 valence electrons.